The summed E-state index contributed by atoms with van der Waals surface area (Å²) in [6.45, 7) is 8.60. The molecule has 0 radical (unpaired) electrons. The van der Waals surface area contributed by atoms with Crippen molar-refractivity contribution < 1.29 is 24.9 Å². The smallest absolute Gasteiger partial charge is 0.305 e. The topological polar surface area (TPSA) is 87.0 Å². The first-order chi connectivity index (χ1) is 15.0. The maximum absolute atomic E-state index is 11.2. The number of carbonyl (C=O) groups excluding carboxylic acids is 1. The van der Waals surface area contributed by atoms with Crippen molar-refractivity contribution in [2.45, 2.75) is 102 Å². The molecule has 1 rings (SSSR count). The fraction of sp³-hybridized carbons (Fsp3) is 0.731. The molecular formula is C26H44O5Si. The number of aliphatic hydroxyl groups excluding tert-OH is 2. The molecule has 0 aromatic heterocycles. The van der Waals surface area contributed by atoms with Crippen molar-refractivity contribution in [3.8, 4) is 11.5 Å². The number of unbranched alkanes of at least 4 members (excludes halogenated alkanes) is 2. The Hall–Kier alpha value is -1.39. The summed E-state index contributed by atoms with van der Waals surface area (Å²) in [4.78, 5) is 11.2. The number of hydrogen-bond acceptors (Lipinski definition) is 5. The molecule has 0 aliphatic heterocycles. The minimum atomic E-state index is -1.59. The second kappa shape index (κ2) is 14.0. The Morgan fingerprint density at radius 2 is 1.88 bits per heavy atom. The predicted molar refractivity (Wildman–Crippen MR) is 133 cm³/mol. The zero-order chi connectivity index (χ0) is 24.2. The van der Waals surface area contributed by atoms with E-state index in [4.69, 9.17) is 0 Å². The molecule has 0 aromatic carbocycles. The highest BCUT2D eigenvalue weighted by atomic mass is 28.3. The molecule has 0 aromatic rings. The summed E-state index contributed by atoms with van der Waals surface area (Å²) in [6.07, 6.45) is 12.7. The molecule has 6 heteroatoms. The zero-order valence-corrected chi connectivity index (χ0v) is 21.6. The molecule has 3 N–H and O–H groups in total. The van der Waals surface area contributed by atoms with Crippen LogP contribution in [0.5, 0.6) is 0 Å². The second-order valence-electron chi connectivity index (χ2n) is 10.1. The van der Waals surface area contributed by atoms with E-state index >= 15 is 0 Å². The molecule has 1 fully saturated rings. The fourth-order valence-corrected chi connectivity index (χ4v) is 4.56. The summed E-state index contributed by atoms with van der Waals surface area (Å²) in [6, 6.07) is 0. The van der Waals surface area contributed by atoms with Crippen LogP contribution < -0.4 is 0 Å². The number of ether oxygens (including phenoxy) is 1. The largest absolute Gasteiger partial charge is 0.469 e. The lowest BCUT2D eigenvalue weighted by Gasteiger charge is -2.23. The minimum absolute atomic E-state index is 0.0603. The van der Waals surface area contributed by atoms with Crippen LogP contribution in [0.4, 0.5) is 0 Å². The van der Waals surface area contributed by atoms with E-state index in [0.717, 1.165) is 25.7 Å². The third kappa shape index (κ3) is 11.0. The third-order valence-corrected chi connectivity index (χ3v) is 6.77. The highest BCUT2D eigenvalue weighted by Crippen LogP contribution is 2.36. The molecule has 0 heterocycles. The Bertz CT molecular complexity index is 685. The highest BCUT2D eigenvalue weighted by Gasteiger charge is 2.39. The molecule has 1 unspecified atom stereocenters. The van der Waals surface area contributed by atoms with Gasteiger partial charge < -0.3 is 20.1 Å². The van der Waals surface area contributed by atoms with E-state index in [1.54, 1.807) is 0 Å². The monoisotopic (exact) mass is 464 g/mol. The molecule has 32 heavy (non-hydrogen) atoms. The van der Waals surface area contributed by atoms with Gasteiger partial charge in [0.25, 0.3) is 0 Å². The molecule has 5 nitrogen and oxygen atoms in total. The van der Waals surface area contributed by atoms with Crippen LogP contribution in [0, 0.1) is 23.3 Å². The summed E-state index contributed by atoms with van der Waals surface area (Å²) in [7, 11) is -0.196. The van der Waals surface area contributed by atoms with Crippen LogP contribution >= 0.6 is 0 Å². The lowest BCUT2D eigenvalue weighted by Crippen LogP contribution is -2.28. The molecule has 1 aliphatic carbocycles. The van der Waals surface area contributed by atoms with Crippen LogP contribution in [0.2, 0.25) is 19.6 Å². The molecule has 0 bridgehead atoms. The van der Waals surface area contributed by atoms with E-state index in [1.165, 1.54) is 7.11 Å². The van der Waals surface area contributed by atoms with E-state index in [2.05, 4.69) is 42.8 Å². The van der Waals surface area contributed by atoms with Crippen LogP contribution in [0.1, 0.15) is 64.7 Å². The van der Waals surface area contributed by atoms with Crippen molar-refractivity contribution in [2.75, 3.05) is 7.11 Å². The van der Waals surface area contributed by atoms with Crippen molar-refractivity contribution in [1.29, 1.82) is 0 Å². The van der Waals surface area contributed by atoms with Crippen LogP contribution in [-0.4, -0.2) is 54.3 Å². The SMILES string of the molecule is CCCCC(O)(C#C[Si](C)(C)C)CC=C[C@@H]1[C@@H](CC=CCCCC(=O)OC)[C@H](O)C[C@H]1O. The Labute approximate surface area is 196 Å². The van der Waals surface area contributed by atoms with E-state index in [9.17, 15) is 20.1 Å². The average Bonchev–Trinajstić information content (AvgIpc) is 2.99. The first-order valence-electron chi connectivity index (χ1n) is 12.0. The molecule has 182 valence electrons. The van der Waals surface area contributed by atoms with E-state index in [0.29, 0.717) is 32.1 Å². The van der Waals surface area contributed by atoms with Gasteiger partial charge in [-0.2, -0.15) is 0 Å². The van der Waals surface area contributed by atoms with Gasteiger partial charge in [-0.1, -0.05) is 63.2 Å². The van der Waals surface area contributed by atoms with Gasteiger partial charge in [0.05, 0.1) is 19.3 Å². The summed E-state index contributed by atoms with van der Waals surface area (Å²) in [5, 5.41) is 32.0. The molecule has 1 saturated carbocycles. The highest BCUT2D eigenvalue weighted by molar-refractivity contribution is 6.83. The maximum Gasteiger partial charge on any atom is 0.305 e. The van der Waals surface area contributed by atoms with E-state index in [1.807, 2.05) is 24.3 Å². The van der Waals surface area contributed by atoms with Gasteiger partial charge in [0.2, 0.25) is 0 Å². The number of methoxy groups -OCH3 is 1. The normalized spacial score (nSPS) is 25.6. The average molecular weight is 465 g/mol. The zero-order valence-electron chi connectivity index (χ0n) is 20.6. The first-order valence-corrected chi connectivity index (χ1v) is 15.5. The molecule has 0 saturated heterocycles. The molecule has 5 atom stereocenters. The van der Waals surface area contributed by atoms with Gasteiger partial charge >= 0.3 is 5.97 Å². The van der Waals surface area contributed by atoms with Crippen molar-refractivity contribution in [3.63, 3.8) is 0 Å². The fourth-order valence-electron chi connectivity index (χ4n) is 3.95. The van der Waals surface area contributed by atoms with Crippen molar-refractivity contribution in [3.05, 3.63) is 24.3 Å². The number of esters is 1. The van der Waals surface area contributed by atoms with Gasteiger partial charge in [0.15, 0.2) is 0 Å². The number of hydrogen-bond donors (Lipinski definition) is 3. The van der Waals surface area contributed by atoms with Crippen molar-refractivity contribution >= 4 is 14.0 Å². The first kappa shape index (κ1) is 28.6. The molecular weight excluding hydrogens is 420 g/mol. The minimum Gasteiger partial charge on any atom is -0.469 e. The molecule has 0 amide bonds. The maximum atomic E-state index is 11.2. The lowest BCUT2D eigenvalue weighted by atomic mass is 9.88. The van der Waals surface area contributed by atoms with Gasteiger partial charge in [0.1, 0.15) is 13.7 Å². The number of allylic oxidation sites excluding steroid dienone is 2. The van der Waals surface area contributed by atoms with Crippen LogP contribution in [0.3, 0.4) is 0 Å². The van der Waals surface area contributed by atoms with Crippen molar-refractivity contribution in [1.82, 2.24) is 0 Å². The number of carbonyl (C=O) groups is 1. The number of rotatable bonds is 12. The van der Waals surface area contributed by atoms with E-state index in [-0.39, 0.29) is 17.8 Å². The standard InChI is InChI=1S/C26H44O5Si/c1-6-7-16-26(30,18-19-32(3,4)5)17-12-14-22-21(23(27)20-24(22)28)13-10-8-9-11-15-25(29)31-2/h8,10,12,14,21-24,27-28,30H,6-7,9,11,13,15-17,20H2,1-5H3/t21-,22-,23-,24-,26?/m1/s1. The second-order valence-corrected chi connectivity index (χ2v) is 14.8. The Kier molecular flexibility index (Phi) is 12.5. The van der Waals surface area contributed by atoms with Gasteiger partial charge in [-0.3, -0.25) is 4.79 Å². The Morgan fingerprint density at radius 1 is 1.16 bits per heavy atom. The van der Waals surface area contributed by atoms with Gasteiger partial charge in [-0.15, -0.1) is 5.54 Å². The van der Waals surface area contributed by atoms with Crippen LogP contribution in [0.25, 0.3) is 0 Å². The molecule has 1 aliphatic rings. The summed E-state index contributed by atoms with van der Waals surface area (Å²) < 4.78 is 4.64. The van der Waals surface area contributed by atoms with Crippen molar-refractivity contribution in [2.24, 2.45) is 11.8 Å². The third-order valence-electron chi connectivity index (χ3n) is 5.90. The lowest BCUT2D eigenvalue weighted by molar-refractivity contribution is -0.140. The summed E-state index contributed by atoms with van der Waals surface area (Å²) >= 11 is 0. The molecule has 0 spiro atoms. The quantitative estimate of drug-likeness (QED) is 0.131. The van der Waals surface area contributed by atoms with Crippen LogP contribution in [0.15, 0.2) is 24.3 Å². The van der Waals surface area contributed by atoms with Gasteiger partial charge in [-0.25, -0.2) is 0 Å². The number of aliphatic hydroxyl groups is 3. The predicted octanol–water partition coefficient (Wildman–Crippen LogP) is 4.38. The van der Waals surface area contributed by atoms with Gasteiger partial charge in [-0.05, 0) is 38.0 Å². The Balaban J connectivity index is 2.73. The van der Waals surface area contributed by atoms with Crippen LogP contribution in [-0.2, 0) is 9.53 Å². The summed E-state index contributed by atoms with van der Waals surface area (Å²) in [5.41, 5.74) is 2.27. The van der Waals surface area contributed by atoms with Gasteiger partial charge in [0, 0.05) is 25.2 Å². The Morgan fingerprint density at radius 3 is 2.50 bits per heavy atom. The van der Waals surface area contributed by atoms with E-state index < -0.39 is 25.9 Å². The summed E-state index contributed by atoms with van der Waals surface area (Å²) in [5.74, 6) is 2.74.